The van der Waals surface area contributed by atoms with Gasteiger partial charge in [0, 0.05) is 44.5 Å². The van der Waals surface area contributed by atoms with E-state index in [1.807, 2.05) is 0 Å². The summed E-state index contributed by atoms with van der Waals surface area (Å²) in [6, 6.07) is 96.6. The lowest BCUT2D eigenvalue weighted by molar-refractivity contribution is 0.671. The van der Waals surface area contributed by atoms with Crippen LogP contribution in [0, 0.1) is 0 Å². The summed E-state index contributed by atoms with van der Waals surface area (Å²) < 4.78 is 8.01. The van der Waals surface area contributed by atoms with Crippen LogP contribution in [0.5, 0.6) is 0 Å². The lowest BCUT2D eigenvalue weighted by atomic mass is 9.67. The lowest BCUT2D eigenvalue weighted by Gasteiger charge is -2.35. The molecule has 0 unspecified atom stereocenters. The molecular formula is C68H44N2OS. The van der Waals surface area contributed by atoms with Gasteiger partial charge in [0.15, 0.2) is 0 Å². The van der Waals surface area contributed by atoms with Gasteiger partial charge in [-0.3, -0.25) is 0 Å². The van der Waals surface area contributed by atoms with E-state index in [9.17, 15) is 0 Å². The maximum absolute atomic E-state index is 6.89. The standard InChI is InChI=1S/C68H44N2OS/c1-5-17-45(18-6-1)46-31-33-49(34-32-46)67-69-63-42-40-54(44-64(63)72-67)70(52-37-35-48(36-38-52)56-27-16-29-60-59-28-15-26-55(65(59)71-66(56)60)47-19-7-2-8-20-47)53-39-41-58-57-25-13-14-30-61(57)68(62(58)43-53,50-21-9-3-10-22-50)51-23-11-4-12-24-51/h1-44H. The Bertz CT molecular complexity index is 4090. The Morgan fingerprint density at radius 3 is 1.47 bits per heavy atom. The minimum atomic E-state index is -0.543. The molecule has 0 saturated carbocycles. The van der Waals surface area contributed by atoms with Gasteiger partial charge in [-0.05, 0) is 98.1 Å². The minimum Gasteiger partial charge on any atom is -0.455 e. The van der Waals surface area contributed by atoms with Gasteiger partial charge in [-0.15, -0.1) is 11.3 Å². The largest absolute Gasteiger partial charge is 0.455 e. The molecule has 72 heavy (non-hydrogen) atoms. The number of nitrogens with zero attached hydrogens (tertiary/aromatic N) is 2. The van der Waals surface area contributed by atoms with Crippen LogP contribution in [-0.2, 0) is 5.41 Å². The summed E-state index contributed by atoms with van der Waals surface area (Å²) in [6.07, 6.45) is 0. The van der Waals surface area contributed by atoms with Crippen LogP contribution in [0.1, 0.15) is 22.3 Å². The van der Waals surface area contributed by atoms with E-state index < -0.39 is 5.41 Å². The molecule has 0 radical (unpaired) electrons. The maximum atomic E-state index is 6.89. The SMILES string of the molecule is c1ccc(-c2ccc(-c3nc4ccc(N(c5ccc(-c6cccc7c6oc6c(-c8ccccc8)cccc67)cc5)c5ccc6c(c5)C(c5ccccc5)(c5ccccc5)c5ccccc5-6)cc4s3)cc2)cc1. The van der Waals surface area contributed by atoms with Crippen LogP contribution < -0.4 is 4.90 Å². The summed E-state index contributed by atoms with van der Waals surface area (Å²) in [5.74, 6) is 0. The summed E-state index contributed by atoms with van der Waals surface area (Å²) in [5, 5.41) is 3.22. The fourth-order valence-corrected chi connectivity index (χ4v) is 12.3. The van der Waals surface area contributed by atoms with E-state index in [-0.39, 0.29) is 0 Å². The van der Waals surface area contributed by atoms with Crippen LogP contribution in [0.15, 0.2) is 271 Å². The van der Waals surface area contributed by atoms with E-state index in [4.69, 9.17) is 9.40 Å². The Labute approximate surface area is 422 Å². The highest BCUT2D eigenvalue weighted by Crippen LogP contribution is 2.57. The molecule has 0 spiro atoms. The predicted molar refractivity (Wildman–Crippen MR) is 301 cm³/mol. The third kappa shape index (κ3) is 6.75. The first-order valence-electron chi connectivity index (χ1n) is 24.5. The average Bonchev–Trinajstić information content (AvgIpc) is 4.15. The number of benzene rings is 11. The van der Waals surface area contributed by atoms with Gasteiger partial charge in [0.25, 0.3) is 0 Å². The van der Waals surface area contributed by atoms with Crippen molar-refractivity contribution >= 4 is 60.6 Å². The second kappa shape index (κ2) is 17.1. The zero-order valence-corrected chi connectivity index (χ0v) is 39.9. The second-order valence-electron chi connectivity index (χ2n) is 18.6. The zero-order chi connectivity index (χ0) is 47.6. The molecule has 0 N–H and O–H groups in total. The van der Waals surface area contributed by atoms with Crippen molar-refractivity contribution in [2.24, 2.45) is 0 Å². The van der Waals surface area contributed by atoms with Crippen molar-refractivity contribution in [1.29, 1.82) is 0 Å². The van der Waals surface area contributed by atoms with E-state index >= 15 is 0 Å². The first-order chi connectivity index (χ1) is 35.7. The molecule has 1 aliphatic rings. The number of fused-ring (bicyclic) bond motifs is 7. The summed E-state index contributed by atoms with van der Waals surface area (Å²) in [7, 11) is 0. The van der Waals surface area contributed by atoms with Gasteiger partial charge < -0.3 is 9.32 Å². The Hall–Kier alpha value is -9.09. The predicted octanol–water partition coefficient (Wildman–Crippen LogP) is 18.7. The van der Waals surface area contributed by atoms with Crippen molar-refractivity contribution in [1.82, 2.24) is 4.98 Å². The van der Waals surface area contributed by atoms with E-state index in [1.165, 1.54) is 44.5 Å². The number of hydrogen-bond acceptors (Lipinski definition) is 4. The van der Waals surface area contributed by atoms with Crippen molar-refractivity contribution in [2.45, 2.75) is 5.41 Å². The maximum Gasteiger partial charge on any atom is 0.143 e. The van der Waals surface area contributed by atoms with Gasteiger partial charge in [-0.1, -0.05) is 224 Å². The van der Waals surface area contributed by atoms with Gasteiger partial charge in [-0.2, -0.15) is 0 Å². The van der Waals surface area contributed by atoms with E-state index in [0.29, 0.717) is 0 Å². The molecule has 0 amide bonds. The molecule has 0 aliphatic heterocycles. The topological polar surface area (TPSA) is 29.3 Å². The van der Waals surface area contributed by atoms with Crippen LogP contribution in [0.4, 0.5) is 17.1 Å². The number of anilines is 3. The van der Waals surface area contributed by atoms with E-state index in [0.717, 1.165) is 82.0 Å². The van der Waals surface area contributed by atoms with Crippen molar-refractivity contribution in [3.63, 3.8) is 0 Å². The van der Waals surface area contributed by atoms with Gasteiger partial charge in [0.1, 0.15) is 16.2 Å². The zero-order valence-electron chi connectivity index (χ0n) is 39.1. The number of rotatable bonds is 9. The number of hydrogen-bond donors (Lipinski definition) is 0. The molecule has 338 valence electrons. The molecule has 0 bridgehead atoms. The normalized spacial score (nSPS) is 12.6. The monoisotopic (exact) mass is 936 g/mol. The molecule has 1 aliphatic carbocycles. The molecular weight excluding hydrogens is 893 g/mol. The fraction of sp³-hybridized carbons (Fsp3) is 0.0147. The number of furan rings is 1. The Kier molecular flexibility index (Phi) is 9.94. The molecule has 14 rings (SSSR count). The van der Waals surface area contributed by atoms with Gasteiger partial charge in [-0.25, -0.2) is 4.98 Å². The highest BCUT2D eigenvalue weighted by Gasteiger charge is 2.46. The van der Waals surface area contributed by atoms with Crippen LogP contribution in [-0.4, -0.2) is 4.98 Å². The molecule has 0 atom stereocenters. The van der Waals surface area contributed by atoms with Crippen LogP contribution in [0.25, 0.3) is 87.2 Å². The molecule has 3 nitrogen and oxygen atoms in total. The summed E-state index contributed by atoms with van der Waals surface area (Å²) in [6.45, 7) is 0. The van der Waals surface area contributed by atoms with Crippen LogP contribution in [0.3, 0.4) is 0 Å². The van der Waals surface area contributed by atoms with Gasteiger partial charge in [0.2, 0.25) is 0 Å². The molecule has 11 aromatic carbocycles. The average molecular weight is 937 g/mol. The quantitative estimate of drug-likeness (QED) is 0.144. The highest BCUT2D eigenvalue weighted by molar-refractivity contribution is 7.21. The summed E-state index contributed by atoms with van der Waals surface area (Å²) in [4.78, 5) is 7.60. The fourth-order valence-electron chi connectivity index (χ4n) is 11.3. The third-order valence-corrected chi connectivity index (χ3v) is 15.7. The van der Waals surface area contributed by atoms with Crippen molar-refractivity contribution in [2.75, 3.05) is 4.90 Å². The Balaban J connectivity index is 0.925. The first kappa shape index (κ1) is 41.8. The third-order valence-electron chi connectivity index (χ3n) is 14.6. The summed E-state index contributed by atoms with van der Waals surface area (Å²) in [5.41, 5.74) is 20.8. The van der Waals surface area contributed by atoms with Crippen LogP contribution in [0.2, 0.25) is 0 Å². The summed E-state index contributed by atoms with van der Waals surface area (Å²) >= 11 is 1.73. The molecule has 2 heterocycles. The van der Waals surface area contributed by atoms with Crippen molar-refractivity contribution < 1.29 is 4.42 Å². The molecule has 2 aromatic heterocycles. The van der Waals surface area contributed by atoms with Gasteiger partial charge >= 0.3 is 0 Å². The Morgan fingerprint density at radius 1 is 0.347 bits per heavy atom. The Morgan fingerprint density at radius 2 is 0.819 bits per heavy atom. The number of aromatic nitrogens is 1. The number of para-hydroxylation sites is 2. The highest BCUT2D eigenvalue weighted by atomic mass is 32.1. The van der Waals surface area contributed by atoms with E-state index in [2.05, 4.69) is 272 Å². The molecule has 4 heteroatoms. The number of thiazole rings is 1. The second-order valence-corrected chi connectivity index (χ2v) is 19.6. The van der Waals surface area contributed by atoms with Crippen molar-refractivity contribution in [3.8, 4) is 55.1 Å². The smallest absolute Gasteiger partial charge is 0.143 e. The van der Waals surface area contributed by atoms with Gasteiger partial charge in [0.05, 0.1) is 15.6 Å². The van der Waals surface area contributed by atoms with Crippen LogP contribution >= 0.6 is 11.3 Å². The van der Waals surface area contributed by atoms with Crippen molar-refractivity contribution in [3.05, 3.63) is 289 Å². The minimum absolute atomic E-state index is 0.543. The molecule has 0 saturated heterocycles. The van der Waals surface area contributed by atoms with E-state index in [1.54, 1.807) is 11.3 Å². The molecule has 13 aromatic rings. The lowest BCUT2D eigenvalue weighted by Crippen LogP contribution is -2.28. The molecule has 0 fully saturated rings. The first-order valence-corrected chi connectivity index (χ1v) is 25.3.